The fourth-order valence-electron chi connectivity index (χ4n) is 2.69. The molecule has 3 N–H and O–H groups in total. The SMILES string of the molecule is OCCNC1Nc2cnc(Cl)nc2N1C1CCOCC1. The molecule has 1 unspecified atom stereocenters. The molecule has 0 bridgehead atoms. The lowest BCUT2D eigenvalue weighted by atomic mass is 10.1. The first-order valence-corrected chi connectivity index (χ1v) is 7.17. The fourth-order valence-corrected chi connectivity index (χ4v) is 2.82. The van der Waals surface area contributed by atoms with Crippen molar-refractivity contribution in [2.45, 2.75) is 25.2 Å². The highest BCUT2D eigenvalue weighted by molar-refractivity contribution is 6.28. The number of ether oxygens (including phenoxy) is 1. The zero-order chi connectivity index (χ0) is 13.9. The van der Waals surface area contributed by atoms with Crippen LogP contribution in [0.5, 0.6) is 0 Å². The number of halogens is 1. The number of hydrogen-bond acceptors (Lipinski definition) is 7. The molecule has 20 heavy (non-hydrogen) atoms. The molecule has 0 saturated carbocycles. The van der Waals surface area contributed by atoms with Crippen molar-refractivity contribution in [3.05, 3.63) is 11.5 Å². The van der Waals surface area contributed by atoms with E-state index in [4.69, 9.17) is 21.4 Å². The molecule has 7 nitrogen and oxygen atoms in total. The van der Waals surface area contributed by atoms with Crippen molar-refractivity contribution in [3.8, 4) is 0 Å². The van der Waals surface area contributed by atoms with Gasteiger partial charge in [0.05, 0.1) is 18.5 Å². The Morgan fingerprint density at radius 1 is 1.50 bits per heavy atom. The van der Waals surface area contributed by atoms with Crippen molar-refractivity contribution < 1.29 is 9.84 Å². The highest BCUT2D eigenvalue weighted by Gasteiger charge is 2.36. The summed E-state index contributed by atoms with van der Waals surface area (Å²) in [6, 6.07) is 0.333. The largest absolute Gasteiger partial charge is 0.395 e. The third kappa shape index (κ3) is 2.67. The molecule has 0 spiro atoms. The summed E-state index contributed by atoms with van der Waals surface area (Å²) in [6.07, 6.45) is 3.48. The number of aromatic nitrogens is 2. The summed E-state index contributed by atoms with van der Waals surface area (Å²) in [5.74, 6) is 0.812. The number of aliphatic hydroxyl groups is 1. The Morgan fingerprint density at radius 3 is 3.05 bits per heavy atom. The number of fused-ring (bicyclic) bond motifs is 1. The van der Waals surface area contributed by atoms with Crippen molar-refractivity contribution in [3.63, 3.8) is 0 Å². The maximum Gasteiger partial charge on any atom is 0.224 e. The van der Waals surface area contributed by atoms with Crippen molar-refractivity contribution in [2.75, 3.05) is 36.6 Å². The quantitative estimate of drug-likeness (QED) is 0.695. The molecule has 110 valence electrons. The van der Waals surface area contributed by atoms with Crippen LogP contribution in [0.25, 0.3) is 0 Å². The predicted octanol–water partition coefficient (Wildman–Crippen LogP) is 0.406. The van der Waals surface area contributed by atoms with Crippen LogP contribution in [0.4, 0.5) is 11.5 Å². The molecular weight excluding hydrogens is 282 g/mol. The van der Waals surface area contributed by atoms with E-state index in [1.807, 2.05) is 0 Å². The van der Waals surface area contributed by atoms with Gasteiger partial charge < -0.3 is 20.1 Å². The van der Waals surface area contributed by atoms with E-state index in [1.54, 1.807) is 6.20 Å². The first-order valence-electron chi connectivity index (χ1n) is 6.79. The molecule has 1 saturated heterocycles. The van der Waals surface area contributed by atoms with Crippen LogP contribution >= 0.6 is 11.6 Å². The number of nitrogens with one attached hydrogen (secondary N) is 2. The minimum absolute atomic E-state index is 0.0859. The molecule has 2 aliphatic heterocycles. The second-order valence-electron chi connectivity index (χ2n) is 4.85. The summed E-state index contributed by atoms with van der Waals surface area (Å²) in [7, 11) is 0. The maximum absolute atomic E-state index is 9.01. The fraction of sp³-hybridized carbons (Fsp3) is 0.667. The lowest BCUT2D eigenvalue weighted by molar-refractivity contribution is 0.0825. The van der Waals surface area contributed by atoms with E-state index < -0.39 is 0 Å². The number of nitrogens with zero attached hydrogens (tertiary/aromatic N) is 3. The Kier molecular flexibility index (Phi) is 4.21. The van der Waals surface area contributed by atoms with Crippen molar-refractivity contribution in [1.29, 1.82) is 0 Å². The van der Waals surface area contributed by atoms with Crippen LogP contribution in [-0.2, 0) is 4.74 Å². The van der Waals surface area contributed by atoms with E-state index in [9.17, 15) is 0 Å². The number of hydrogen-bond donors (Lipinski definition) is 3. The monoisotopic (exact) mass is 299 g/mol. The average Bonchev–Trinajstić information content (AvgIpc) is 2.83. The number of anilines is 2. The van der Waals surface area contributed by atoms with Crippen molar-refractivity contribution >= 4 is 23.1 Å². The Bertz CT molecular complexity index is 469. The highest BCUT2D eigenvalue weighted by atomic mass is 35.5. The minimum Gasteiger partial charge on any atom is -0.395 e. The van der Waals surface area contributed by atoms with E-state index >= 15 is 0 Å². The van der Waals surface area contributed by atoms with Crippen molar-refractivity contribution in [1.82, 2.24) is 15.3 Å². The first-order chi connectivity index (χ1) is 9.79. The Morgan fingerprint density at radius 2 is 2.30 bits per heavy atom. The average molecular weight is 300 g/mol. The molecule has 1 atom stereocenters. The zero-order valence-electron chi connectivity index (χ0n) is 11.0. The topological polar surface area (TPSA) is 82.5 Å². The Hall–Kier alpha value is -1.15. The summed E-state index contributed by atoms with van der Waals surface area (Å²) < 4.78 is 5.42. The number of rotatable bonds is 4. The van der Waals surface area contributed by atoms with E-state index in [2.05, 4.69) is 25.5 Å². The van der Waals surface area contributed by atoms with Gasteiger partial charge in [0.25, 0.3) is 0 Å². The molecule has 1 aromatic rings. The summed E-state index contributed by atoms with van der Waals surface area (Å²) in [5, 5.41) is 15.8. The van der Waals surface area contributed by atoms with E-state index in [0.717, 1.165) is 37.6 Å². The molecule has 1 aromatic heterocycles. The van der Waals surface area contributed by atoms with Gasteiger partial charge in [0, 0.05) is 25.8 Å². The molecule has 0 aromatic carbocycles. The minimum atomic E-state index is -0.104. The van der Waals surface area contributed by atoms with Crippen LogP contribution in [0, 0.1) is 0 Å². The van der Waals surface area contributed by atoms with Gasteiger partial charge >= 0.3 is 0 Å². The predicted molar refractivity (Wildman–Crippen MR) is 75.9 cm³/mol. The van der Waals surface area contributed by atoms with Gasteiger partial charge in [-0.15, -0.1) is 0 Å². The van der Waals surface area contributed by atoms with Crippen LogP contribution < -0.4 is 15.5 Å². The third-order valence-electron chi connectivity index (χ3n) is 3.59. The van der Waals surface area contributed by atoms with Gasteiger partial charge in [-0.3, -0.25) is 5.32 Å². The van der Waals surface area contributed by atoms with Crippen LogP contribution in [0.1, 0.15) is 12.8 Å². The molecule has 0 aliphatic carbocycles. The summed E-state index contributed by atoms with van der Waals surface area (Å²) in [4.78, 5) is 10.5. The van der Waals surface area contributed by atoms with Crippen LogP contribution in [0.15, 0.2) is 6.20 Å². The normalized spacial score (nSPS) is 22.7. The summed E-state index contributed by atoms with van der Waals surface area (Å²) in [5.41, 5.74) is 0.858. The van der Waals surface area contributed by atoms with Crippen LogP contribution in [0.2, 0.25) is 5.28 Å². The van der Waals surface area contributed by atoms with E-state index in [-0.39, 0.29) is 18.2 Å². The van der Waals surface area contributed by atoms with Gasteiger partial charge in [-0.1, -0.05) is 0 Å². The van der Waals surface area contributed by atoms with Gasteiger partial charge in [-0.2, -0.15) is 4.98 Å². The van der Waals surface area contributed by atoms with Gasteiger partial charge in [0.15, 0.2) is 12.1 Å². The summed E-state index contributed by atoms with van der Waals surface area (Å²) in [6.45, 7) is 2.10. The lowest BCUT2D eigenvalue weighted by Gasteiger charge is -2.36. The van der Waals surface area contributed by atoms with E-state index in [0.29, 0.717) is 12.6 Å². The molecule has 8 heteroatoms. The third-order valence-corrected chi connectivity index (χ3v) is 3.77. The second-order valence-corrected chi connectivity index (χ2v) is 5.19. The molecule has 2 aliphatic rings. The smallest absolute Gasteiger partial charge is 0.224 e. The molecule has 0 amide bonds. The second kappa shape index (κ2) is 6.09. The van der Waals surface area contributed by atoms with Gasteiger partial charge in [0.1, 0.15) is 0 Å². The van der Waals surface area contributed by atoms with Crippen LogP contribution in [-0.4, -0.2) is 53.8 Å². The molecule has 3 rings (SSSR count). The first kappa shape index (κ1) is 13.8. The molecular formula is C12H18ClN5O2. The standard InChI is InChI=1S/C12H18ClN5O2/c13-11-15-7-9-10(17-11)18(8-1-5-20-6-2-8)12(16-9)14-3-4-19/h7-8,12,14,16,19H,1-6H2. The van der Waals surface area contributed by atoms with Gasteiger partial charge in [0.2, 0.25) is 5.28 Å². The highest BCUT2D eigenvalue weighted by Crippen LogP contribution is 2.35. The Balaban J connectivity index is 1.86. The summed E-state index contributed by atoms with van der Waals surface area (Å²) >= 11 is 5.92. The van der Waals surface area contributed by atoms with Crippen LogP contribution in [0.3, 0.4) is 0 Å². The van der Waals surface area contributed by atoms with Gasteiger partial charge in [-0.25, -0.2) is 4.98 Å². The number of aliphatic hydroxyl groups excluding tert-OH is 1. The maximum atomic E-state index is 9.01. The lowest BCUT2D eigenvalue weighted by Crippen LogP contribution is -2.53. The van der Waals surface area contributed by atoms with E-state index in [1.165, 1.54) is 0 Å². The zero-order valence-corrected chi connectivity index (χ0v) is 11.8. The molecule has 3 heterocycles. The molecule has 1 fully saturated rings. The van der Waals surface area contributed by atoms with Gasteiger partial charge in [-0.05, 0) is 24.4 Å². The van der Waals surface area contributed by atoms with Crippen molar-refractivity contribution in [2.24, 2.45) is 0 Å². The Labute approximate surface area is 122 Å². The molecule has 0 radical (unpaired) electrons.